The molecule has 1 heterocycles. The molecule has 1 unspecified atom stereocenters. The van der Waals surface area contributed by atoms with Crippen LogP contribution in [0.5, 0.6) is 5.75 Å². The second-order valence-electron chi connectivity index (χ2n) is 5.06. The molecule has 1 N–H and O–H groups in total. The van der Waals surface area contributed by atoms with Crippen LogP contribution in [0.3, 0.4) is 0 Å². The van der Waals surface area contributed by atoms with E-state index < -0.39 is 0 Å². The molecule has 0 aromatic heterocycles. The average Bonchev–Trinajstić information content (AvgIpc) is 2.86. The molecule has 1 aromatic carbocycles. The van der Waals surface area contributed by atoms with Crippen molar-refractivity contribution in [2.75, 3.05) is 19.0 Å². The van der Waals surface area contributed by atoms with Crippen LogP contribution in [-0.2, 0) is 4.79 Å². The summed E-state index contributed by atoms with van der Waals surface area (Å²) < 4.78 is 5.13. The van der Waals surface area contributed by atoms with Gasteiger partial charge in [-0.25, -0.2) is 4.79 Å². The first-order chi connectivity index (χ1) is 9.60. The molecule has 1 aromatic rings. The van der Waals surface area contributed by atoms with E-state index in [2.05, 4.69) is 5.32 Å². The van der Waals surface area contributed by atoms with Crippen molar-refractivity contribution in [3.8, 4) is 5.75 Å². The molecule has 0 saturated carbocycles. The van der Waals surface area contributed by atoms with Gasteiger partial charge in [-0.05, 0) is 31.9 Å². The summed E-state index contributed by atoms with van der Waals surface area (Å²) in [5.74, 6) is 0.820. The number of urea groups is 1. The van der Waals surface area contributed by atoms with Gasteiger partial charge in [0.25, 0.3) is 0 Å². The van der Waals surface area contributed by atoms with Crippen molar-refractivity contribution >= 4 is 17.5 Å². The fourth-order valence-corrected chi connectivity index (χ4v) is 2.54. The van der Waals surface area contributed by atoms with Crippen LogP contribution in [0.4, 0.5) is 10.5 Å². The maximum absolute atomic E-state index is 12.3. The van der Waals surface area contributed by atoms with Gasteiger partial charge >= 0.3 is 6.03 Å². The van der Waals surface area contributed by atoms with Crippen LogP contribution >= 0.6 is 0 Å². The smallest absolute Gasteiger partial charge is 0.322 e. The molecule has 5 nitrogen and oxygen atoms in total. The fourth-order valence-electron chi connectivity index (χ4n) is 2.54. The van der Waals surface area contributed by atoms with Gasteiger partial charge in [0.1, 0.15) is 11.5 Å². The van der Waals surface area contributed by atoms with Crippen molar-refractivity contribution in [2.24, 2.45) is 0 Å². The van der Waals surface area contributed by atoms with E-state index in [1.807, 2.05) is 18.2 Å². The first kappa shape index (κ1) is 14.4. The monoisotopic (exact) mass is 276 g/mol. The molecule has 0 bridgehead atoms. The number of ether oxygens (including phenoxy) is 1. The van der Waals surface area contributed by atoms with E-state index in [1.54, 1.807) is 25.0 Å². The normalized spacial score (nSPS) is 17.9. The molecule has 1 aliphatic rings. The molecule has 20 heavy (non-hydrogen) atoms. The number of carbonyl (C=O) groups is 2. The zero-order chi connectivity index (χ0) is 14.5. The Morgan fingerprint density at radius 3 is 2.95 bits per heavy atom. The van der Waals surface area contributed by atoms with E-state index in [9.17, 15) is 9.59 Å². The minimum absolute atomic E-state index is 0.0260. The number of ketones is 1. The van der Waals surface area contributed by atoms with E-state index in [0.717, 1.165) is 12.8 Å². The van der Waals surface area contributed by atoms with E-state index in [-0.39, 0.29) is 17.9 Å². The molecule has 5 heteroatoms. The fraction of sp³-hybridized carbons (Fsp3) is 0.467. The highest BCUT2D eigenvalue weighted by atomic mass is 16.5. The number of carbonyl (C=O) groups excluding carboxylic acids is 2. The molecular formula is C15H20N2O3. The van der Waals surface area contributed by atoms with Gasteiger partial charge in [-0.15, -0.1) is 0 Å². The van der Waals surface area contributed by atoms with Gasteiger partial charge < -0.3 is 15.0 Å². The van der Waals surface area contributed by atoms with Gasteiger partial charge in [-0.2, -0.15) is 0 Å². The number of rotatable bonds is 4. The number of Topliss-reactive ketones (excluding diaryl/α,β-unsaturated/α-hetero) is 1. The number of likely N-dealkylation sites (tertiary alicyclic amines) is 1. The molecule has 2 amide bonds. The SMILES string of the molecule is COc1cccc(NC(=O)N2CCCC2CC(C)=O)c1. The topological polar surface area (TPSA) is 58.6 Å². The van der Waals surface area contributed by atoms with E-state index in [4.69, 9.17) is 4.74 Å². The Bertz CT molecular complexity index is 502. The number of nitrogens with zero attached hydrogens (tertiary/aromatic N) is 1. The number of hydrogen-bond acceptors (Lipinski definition) is 3. The Morgan fingerprint density at radius 1 is 1.45 bits per heavy atom. The van der Waals surface area contributed by atoms with Crippen LogP contribution in [0, 0.1) is 0 Å². The molecule has 1 saturated heterocycles. The second kappa shape index (κ2) is 6.41. The zero-order valence-corrected chi connectivity index (χ0v) is 11.9. The van der Waals surface area contributed by atoms with Gasteiger partial charge in [0.2, 0.25) is 0 Å². The van der Waals surface area contributed by atoms with Gasteiger partial charge in [-0.1, -0.05) is 6.07 Å². The number of methoxy groups -OCH3 is 1. The third-order valence-corrected chi connectivity index (χ3v) is 3.48. The minimum atomic E-state index is -0.151. The lowest BCUT2D eigenvalue weighted by atomic mass is 10.1. The molecule has 1 atom stereocenters. The lowest BCUT2D eigenvalue weighted by molar-refractivity contribution is -0.117. The van der Waals surface area contributed by atoms with Gasteiger partial charge in [0.05, 0.1) is 7.11 Å². The summed E-state index contributed by atoms with van der Waals surface area (Å²) >= 11 is 0. The number of amides is 2. The van der Waals surface area contributed by atoms with E-state index in [1.165, 1.54) is 0 Å². The quantitative estimate of drug-likeness (QED) is 0.919. The van der Waals surface area contributed by atoms with Crippen molar-refractivity contribution in [1.82, 2.24) is 4.90 Å². The molecule has 2 rings (SSSR count). The van der Waals surface area contributed by atoms with Gasteiger partial charge in [-0.3, -0.25) is 4.79 Å². The predicted molar refractivity (Wildman–Crippen MR) is 77.0 cm³/mol. The highest BCUT2D eigenvalue weighted by molar-refractivity contribution is 5.90. The molecule has 1 fully saturated rings. The maximum atomic E-state index is 12.3. The van der Waals surface area contributed by atoms with Crippen LogP contribution < -0.4 is 10.1 Å². The Labute approximate surface area is 118 Å². The number of nitrogens with one attached hydrogen (secondary N) is 1. The zero-order valence-electron chi connectivity index (χ0n) is 11.9. The summed E-state index contributed by atoms with van der Waals surface area (Å²) in [4.78, 5) is 25.3. The Morgan fingerprint density at radius 2 is 2.25 bits per heavy atom. The summed E-state index contributed by atoms with van der Waals surface area (Å²) in [6, 6.07) is 7.11. The third-order valence-electron chi connectivity index (χ3n) is 3.48. The van der Waals surface area contributed by atoms with Crippen molar-refractivity contribution in [3.63, 3.8) is 0 Å². The molecule has 0 spiro atoms. The average molecular weight is 276 g/mol. The van der Waals surface area contributed by atoms with Crippen LogP contribution in [0.2, 0.25) is 0 Å². The van der Waals surface area contributed by atoms with Crippen molar-refractivity contribution in [3.05, 3.63) is 24.3 Å². The number of benzene rings is 1. The Kier molecular flexibility index (Phi) is 4.61. The summed E-state index contributed by atoms with van der Waals surface area (Å²) in [7, 11) is 1.59. The highest BCUT2D eigenvalue weighted by Crippen LogP contribution is 2.23. The van der Waals surface area contributed by atoms with E-state index >= 15 is 0 Å². The summed E-state index contributed by atoms with van der Waals surface area (Å²) in [6.07, 6.45) is 2.28. The summed E-state index contributed by atoms with van der Waals surface area (Å²) in [5, 5.41) is 2.86. The van der Waals surface area contributed by atoms with Crippen LogP contribution in [0.15, 0.2) is 24.3 Å². The third kappa shape index (κ3) is 3.50. The second-order valence-corrected chi connectivity index (χ2v) is 5.06. The number of anilines is 1. The molecule has 1 aliphatic heterocycles. The highest BCUT2D eigenvalue weighted by Gasteiger charge is 2.29. The molecular weight excluding hydrogens is 256 g/mol. The number of hydrogen-bond donors (Lipinski definition) is 1. The molecule has 0 radical (unpaired) electrons. The van der Waals surface area contributed by atoms with Crippen molar-refractivity contribution in [2.45, 2.75) is 32.2 Å². The van der Waals surface area contributed by atoms with Crippen molar-refractivity contribution < 1.29 is 14.3 Å². The lowest BCUT2D eigenvalue weighted by Crippen LogP contribution is -2.39. The standard InChI is InChI=1S/C15H20N2O3/c1-11(18)9-13-6-4-8-17(13)15(19)16-12-5-3-7-14(10-12)20-2/h3,5,7,10,13H,4,6,8-9H2,1-2H3,(H,16,19). The summed E-state index contributed by atoms with van der Waals surface area (Å²) in [6.45, 7) is 2.27. The first-order valence-electron chi connectivity index (χ1n) is 6.81. The first-order valence-corrected chi connectivity index (χ1v) is 6.81. The Balaban J connectivity index is 2.01. The van der Waals surface area contributed by atoms with Gasteiger partial charge in [0, 0.05) is 30.8 Å². The van der Waals surface area contributed by atoms with Crippen molar-refractivity contribution in [1.29, 1.82) is 0 Å². The largest absolute Gasteiger partial charge is 0.497 e. The van der Waals surface area contributed by atoms with Crippen LogP contribution in [-0.4, -0.2) is 36.4 Å². The van der Waals surface area contributed by atoms with Crippen LogP contribution in [0.1, 0.15) is 26.2 Å². The predicted octanol–water partition coefficient (Wildman–Crippen LogP) is 2.67. The molecule has 0 aliphatic carbocycles. The summed E-state index contributed by atoms with van der Waals surface area (Å²) in [5.41, 5.74) is 0.697. The molecule has 108 valence electrons. The van der Waals surface area contributed by atoms with E-state index in [0.29, 0.717) is 24.4 Å². The van der Waals surface area contributed by atoms with Gasteiger partial charge in [0.15, 0.2) is 0 Å². The minimum Gasteiger partial charge on any atom is -0.497 e. The lowest BCUT2D eigenvalue weighted by Gasteiger charge is -2.24. The van der Waals surface area contributed by atoms with Crippen LogP contribution in [0.25, 0.3) is 0 Å². The Hall–Kier alpha value is -2.04. The maximum Gasteiger partial charge on any atom is 0.322 e.